The second-order valence-electron chi connectivity index (χ2n) is 6.40. The van der Waals surface area contributed by atoms with Crippen LogP contribution in [0, 0.1) is 13.8 Å². The molecule has 2 unspecified atom stereocenters. The predicted molar refractivity (Wildman–Crippen MR) is 100.0 cm³/mol. The van der Waals surface area contributed by atoms with Crippen molar-refractivity contribution in [3.05, 3.63) is 29.3 Å². The van der Waals surface area contributed by atoms with Gasteiger partial charge in [0.2, 0.25) is 11.8 Å². The molecule has 0 spiro atoms. The average Bonchev–Trinajstić information content (AvgIpc) is 3.19. The number of para-hydroxylation sites is 1. The van der Waals surface area contributed by atoms with Crippen molar-refractivity contribution in [1.29, 1.82) is 0 Å². The van der Waals surface area contributed by atoms with Crippen LogP contribution in [0.3, 0.4) is 0 Å². The molecule has 1 aromatic rings. The summed E-state index contributed by atoms with van der Waals surface area (Å²) < 4.78 is 5.53. The summed E-state index contributed by atoms with van der Waals surface area (Å²) in [5.74, 6) is -0.321. The maximum absolute atomic E-state index is 12.3. The maximum Gasteiger partial charge on any atom is 0.240 e. The van der Waals surface area contributed by atoms with Crippen LogP contribution in [0.4, 0.5) is 5.69 Å². The zero-order valence-corrected chi connectivity index (χ0v) is 15.3. The third-order valence-corrected chi connectivity index (χ3v) is 5.47. The number of amidine groups is 1. The minimum absolute atomic E-state index is 0.128. The van der Waals surface area contributed by atoms with Crippen LogP contribution in [0.2, 0.25) is 0 Å². The van der Waals surface area contributed by atoms with Crippen LogP contribution in [0.1, 0.15) is 30.4 Å². The van der Waals surface area contributed by atoms with E-state index >= 15 is 0 Å². The number of nitrogens with one attached hydrogen (secondary N) is 2. The van der Waals surface area contributed by atoms with Gasteiger partial charge in [-0.1, -0.05) is 30.0 Å². The third-order valence-electron chi connectivity index (χ3n) is 4.36. The Hall–Kier alpha value is -1.86. The minimum atomic E-state index is -0.437. The van der Waals surface area contributed by atoms with Gasteiger partial charge in [0.05, 0.1) is 12.6 Å². The van der Waals surface area contributed by atoms with E-state index in [-0.39, 0.29) is 24.3 Å². The number of amides is 2. The standard InChI is InChI=1S/C18H23N3O3S/c1-11-5-3-6-12(2)16(11)20-15(22)9-14-17(23)21-18(25-14)19-10-13-7-4-8-24-13/h3,5-6,13-14H,4,7-10H2,1-2H3,(H,20,22)(H,19,21,23). The van der Waals surface area contributed by atoms with Gasteiger partial charge in [-0.2, -0.15) is 0 Å². The smallest absolute Gasteiger partial charge is 0.240 e. The SMILES string of the molecule is Cc1cccc(C)c1NC(=O)CC1SC(=NCC2CCCO2)NC1=O. The molecule has 0 saturated carbocycles. The van der Waals surface area contributed by atoms with Crippen LogP contribution in [0.15, 0.2) is 23.2 Å². The Kier molecular flexibility index (Phi) is 5.75. The molecule has 134 valence electrons. The van der Waals surface area contributed by atoms with Gasteiger partial charge in [0.25, 0.3) is 0 Å². The zero-order valence-electron chi connectivity index (χ0n) is 14.5. The second-order valence-corrected chi connectivity index (χ2v) is 7.59. The monoisotopic (exact) mass is 361 g/mol. The van der Waals surface area contributed by atoms with Crippen molar-refractivity contribution in [2.24, 2.45) is 4.99 Å². The van der Waals surface area contributed by atoms with Gasteiger partial charge in [0.1, 0.15) is 5.25 Å². The van der Waals surface area contributed by atoms with Crippen LogP contribution in [-0.4, -0.2) is 41.5 Å². The number of hydrogen-bond donors (Lipinski definition) is 2. The van der Waals surface area contributed by atoms with Gasteiger partial charge >= 0.3 is 0 Å². The normalized spacial score (nSPS) is 24.6. The molecule has 25 heavy (non-hydrogen) atoms. The van der Waals surface area contributed by atoms with Crippen LogP contribution in [0.25, 0.3) is 0 Å². The summed E-state index contributed by atoms with van der Waals surface area (Å²) in [5, 5.41) is 5.83. The van der Waals surface area contributed by atoms with E-state index in [9.17, 15) is 9.59 Å². The summed E-state index contributed by atoms with van der Waals surface area (Å²) in [7, 11) is 0. The molecule has 2 fully saturated rings. The Labute approximate surface area is 151 Å². The fourth-order valence-corrected chi connectivity index (χ4v) is 3.94. The minimum Gasteiger partial charge on any atom is -0.376 e. The molecule has 0 bridgehead atoms. The number of carbonyl (C=O) groups excluding carboxylic acids is 2. The molecule has 3 rings (SSSR count). The lowest BCUT2D eigenvalue weighted by Gasteiger charge is -2.12. The number of hydrogen-bond acceptors (Lipinski definition) is 5. The first kappa shape index (κ1) is 17.9. The van der Waals surface area contributed by atoms with Gasteiger partial charge in [-0.05, 0) is 37.8 Å². The first-order valence-electron chi connectivity index (χ1n) is 8.52. The van der Waals surface area contributed by atoms with Crippen LogP contribution < -0.4 is 10.6 Å². The van der Waals surface area contributed by atoms with Crippen molar-refractivity contribution in [1.82, 2.24) is 5.32 Å². The lowest BCUT2D eigenvalue weighted by Crippen LogP contribution is -2.28. The first-order chi connectivity index (χ1) is 12.0. The van der Waals surface area contributed by atoms with E-state index in [2.05, 4.69) is 15.6 Å². The first-order valence-corrected chi connectivity index (χ1v) is 9.40. The molecule has 6 nitrogen and oxygen atoms in total. The molecule has 0 aliphatic carbocycles. The average molecular weight is 361 g/mol. The number of thioether (sulfide) groups is 1. The van der Waals surface area contributed by atoms with E-state index < -0.39 is 5.25 Å². The summed E-state index contributed by atoms with van der Waals surface area (Å²) in [6.07, 6.45) is 2.35. The predicted octanol–water partition coefficient (Wildman–Crippen LogP) is 2.40. The third kappa shape index (κ3) is 4.61. The van der Waals surface area contributed by atoms with E-state index in [4.69, 9.17) is 4.74 Å². The Morgan fingerprint density at radius 1 is 1.40 bits per heavy atom. The number of nitrogens with zero attached hydrogens (tertiary/aromatic N) is 1. The van der Waals surface area contributed by atoms with Crippen molar-refractivity contribution in [3.8, 4) is 0 Å². The topological polar surface area (TPSA) is 79.8 Å². The van der Waals surface area contributed by atoms with Gasteiger partial charge in [-0.3, -0.25) is 14.6 Å². The highest BCUT2D eigenvalue weighted by atomic mass is 32.2. The highest BCUT2D eigenvalue weighted by molar-refractivity contribution is 8.15. The summed E-state index contributed by atoms with van der Waals surface area (Å²) in [6.45, 7) is 5.26. The van der Waals surface area contributed by atoms with Crippen molar-refractivity contribution in [2.75, 3.05) is 18.5 Å². The fraction of sp³-hybridized carbons (Fsp3) is 0.500. The van der Waals surface area contributed by atoms with Gasteiger partial charge in [0.15, 0.2) is 5.17 Å². The molecule has 2 heterocycles. The van der Waals surface area contributed by atoms with Crippen LogP contribution in [0.5, 0.6) is 0 Å². The van der Waals surface area contributed by atoms with E-state index in [1.54, 1.807) is 0 Å². The molecule has 0 aromatic heterocycles. The number of aryl methyl sites for hydroxylation is 2. The fourth-order valence-electron chi connectivity index (χ4n) is 2.96. The lowest BCUT2D eigenvalue weighted by atomic mass is 10.1. The Balaban J connectivity index is 1.54. The molecule has 7 heteroatoms. The van der Waals surface area contributed by atoms with E-state index in [0.717, 1.165) is 36.3 Å². The highest BCUT2D eigenvalue weighted by Gasteiger charge is 2.32. The van der Waals surface area contributed by atoms with Crippen LogP contribution >= 0.6 is 11.8 Å². The summed E-state index contributed by atoms with van der Waals surface area (Å²) >= 11 is 1.32. The quantitative estimate of drug-likeness (QED) is 0.844. The molecular formula is C18H23N3O3S. The summed E-state index contributed by atoms with van der Waals surface area (Å²) in [5.41, 5.74) is 2.84. The van der Waals surface area contributed by atoms with Crippen molar-refractivity contribution in [3.63, 3.8) is 0 Å². The molecule has 2 aliphatic rings. The molecule has 1 aromatic carbocycles. The second kappa shape index (κ2) is 8.01. The number of aliphatic imine (C=N–C) groups is 1. The maximum atomic E-state index is 12.3. The van der Waals surface area contributed by atoms with Gasteiger partial charge in [0, 0.05) is 18.7 Å². The van der Waals surface area contributed by atoms with Crippen LogP contribution in [-0.2, 0) is 14.3 Å². The van der Waals surface area contributed by atoms with Gasteiger partial charge in [-0.15, -0.1) is 0 Å². The molecule has 2 atom stereocenters. The number of benzene rings is 1. The Morgan fingerprint density at radius 2 is 2.16 bits per heavy atom. The molecular weight excluding hydrogens is 338 g/mol. The molecule has 2 saturated heterocycles. The summed E-state index contributed by atoms with van der Waals surface area (Å²) in [6, 6.07) is 5.86. The molecule has 0 radical (unpaired) electrons. The van der Waals surface area contributed by atoms with Crippen molar-refractivity contribution >= 4 is 34.4 Å². The Bertz CT molecular complexity index is 679. The number of ether oxygens (including phenoxy) is 1. The van der Waals surface area contributed by atoms with Gasteiger partial charge in [-0.25, -0.2) is 0 Å². The molecule has 2 amide bonds. The molecule has 2 aliphatic heterocycles. The lowest BCUT2D eigenvalue weighted by molar-refractivity contribution is -0.122. The van der Waals surface area contributed by atoms with Gasteiger partial charge < -0.3 is 15.4 Å². The molecule has 2 N–H and O–H groups in total. The zero-order chi connectivity index (χ0) is 17.8. The number of anilines is 1. The number of rotatable bonds is 5. The van der Waals surface area contributed by atoms with Crippen molar-refractivity contribution < 1.29 is 14.3 Å². The van der Waals surface area contributed by atoms with E-state index in [1.165, 1.54) is 11.8 Å². The van der Waals surface area contributed by atoms with Crippen molar-refractivity contribution in [2.45, 2.75) is 44.5 Å². The largest absolute Gasteiger partial charge is 0.376 e. The van der Waals surface area contributed by atoms with E-state index in [1.807, 2.05) is 32.0 Å². The highest BCUT2D eigenvalue weighted by Crippen LogP contribution is 2.25. The number of carbonyl (C=O) groups is 2. The Morgan fingerprint density at radius 3 is 2.84 bits per heavy atom. The summed E-state index contributed by atoms with van der Waals surface area (Å²) in [4.78, 5) is 28.8. The van der Waals surface area contributed by atoms with E-state index in [0.29, 0.717) is 11.7 Å².